The number of quaternary nitrogens is 1. The predicted molar refractivity (Wildman–Crippen MR) is 120 cm³/mol. The molecule has 3 aromatic rings. The fourth-order valence-electron chi connectivity index (χ4n) is 4.80. The first-order valence-electron chi connectivity index (χ1n) is 11.1. The highest BCUT2D eigenvalue weighted by atomic mass is 35.5. The van der Waals surface area contributed by atoms with E-state index in [-0.39, 0.29) is 17.0 Å². The Morgan fingerprint density at radius 2 is 1.81 bits per heavy atom. The third kappa shape index (κ3) is 4.23. The van der Waals surface area contributed by atoms with E-state index < -0.39 is 6.23 Å². The molecule has 172 valence electrons. The molecule has 1 N–H and O–H groups in total. The van der Waals surface area contributed by atoms with E-state index in [1.165, 1.54) is 24.1 Å². The second kappa shape index (κ2) is 8.78. The molecule has 2 heterocycles. The summed E-state index contributed by atoms with van der Waals surface area (Å²) in [7, 11) is 4.38. The number of rotatable bonds is 7. The summed E-state index contributed by atoms with van der Waals surface area (Å²) in [6.45, 7) is 6.51. The molecular weight excluding hydrogens is 428 g/mol. The van der Waals surface area contributed by atoms with Crippen molar-refractivity contribution in [3.05, 3.63) is 47.8 Å². The summed E-state index contributed by atoms with van der Waals surface area (Å²) < 4.78 is 10.2. The highest BCUT2D eigenvalue weighted by molar-refractivity contribution is 6.30. The second-order valence-electron chi connectivity index (χ2n) is 9.88. The second-order valence-corrected chi connectivity index (χ2v) is 10.3. The molecule has 4 rings (SSSR count). The Bertz CT molecular complexity index is 1000. The first-order chi connectivity index (χ1) is 15.2. The lowest BCUT2D eigenvalue weighted by atomic mass is 9.84. The molecule has 1 aromatic carbocycles. The Kier molecular flexibility index (Phi) is 6.22. The minimum absolute atomic E-state index is 0.125. The largest absolute Gasteiger partial charge is 0.466 e. The van der Waals surface area contributed by atoms with E-state index in [0.29, 0.717) is 10.8 Å². The topological polar surface area (TPSA) is 88.0 Å². The standard InChI is InChI=1S/C22H31ClN8O/c1-21(2,3)18(31-20(26-27-28-31)22(29(4)5)12-6-7-13-22)19(30-15-24-14-25-30)32-17-10-8-16(23)9-11-17/h8-11,14-15,18-19H,6-7,12-13H2,1-5H3/p+1/t18-,19-/m0/s1. The molecule has 10 heteroatoms. The first-order valence-corrected chi connectivity index (χ1v) is 11.5. The van der Waals surface area contributed by atoms with E-state index in [4.69, 9.17) is 16.3 Å². The van der Waals surface area contributed by atoms with E-state index in [1.807, 2.05) is 28.9 Å². The fraction of sp³-hybridized carbons (Fsp3) is 0.591. The van der Waals surface area contributed by atoms with Crippen LogP contribution < -0.4 is 9.64 Å². The van der Waals surface area contributed by atoms with Crippen molar-refractivity contribution >= 4 is 11.6 Å². The van der Waals surface area contributed by atoms with Crippen LogP contribution in [-0.2, 0) is 5.54 Å². The van der Waals surface area contributed by atoms with Crippen LogP contribution in [0, 0.1) is 5.41 Å². The number of hydrogen-bond donors (Lipinski definition) is 1. The summed E-state index contributed by atoms with van der Waals surface area (Å²) in [5.74, 6) is 1.59. The lowest BCUT2D eigenvalue weighted by molar-refractivity contribution is -0.924. The van der Waals surface area contributed by atoms with Gasteiger partial charge in [-0.15, -0.1) is 5.10 Å². The predicted octanol–water partition coefficient (Wildman–Crippen LogP) is 2.70. The van der Waals surface area contributed by atoms with Crippen LogP contribution in [0.3, 0.4) is 0 Å². The Morgan fingerprint density at radius 1 is 1.12 bits per heavy atom. The quantitative estimate of drug-likeness (QED) is 0.584. The van der Waals surface area contributed by atoms with Gasteiger partial charge in [-0.05, 0) is 52.9 Å². The molecule has 0 bridgehead atoms. The van der Waals surface area contributed by atoms with Gasteiger partial charge in [0.2, 0.25) is 12.1 Å². The number of halogens is 1. The first kappa shape index (κ1) is 22.7. The highest BCUT2D eigenvalue weighted by Gasteiger charge is 2.50. The molecule has 1 aliphatic rings. The van der Waals surface area contributed by atoms with Gasteiger partial charge in [0, 0.05) is 17.9 Å². The summed E-state index contributed by atoms with van der Waals surface area (Å²) in [5, 5.41) is 18.3. The molecule has 1 fully saturated rings. The van der Waals surface area contributed by atoms with Crippen LogP contribution in [0.2, 0.25) is 5.02 Å². The van der Waals surface area contributed by atoms with Gasteiger partial charge in [-0.3, -0.25) is 0 Å². The SMILES string of the molecule is C[NH+](C)C1(c2nnnn2[C@@H]([C@H](Oc2ccc(Cl)cc2)n2cncn2)C(C)(C)C)CCCC1. The monoisotopic (exact) mass is 459 g/mol. The van der Waals surface area contributed by atoms with Crippen LogP contribution in [-0.4, -0.2) is 49.1 Å². The number of benzene rings is 1. The van der Waals surface area contributed by atoms with E-state index in [0.717, 1.165) is 18.7 Å². The van der Waals surface area contributed by atoms with E-state index >= 15 is 0 Å². The van der Waals surface area contributed by atoms with Gasteiger partial charge in [0.15, 0.2) is 5.54 Å². The lowest BCUT2D eigenvalue weighted by Crippen LogP contribution is -3.13. The molecule has 0 saturated heterocycles. The van der Waals surface area contributed by atoms with Gasteiger partial charge in [0.25, 0.3) is 0 Å². The summed E-state index contributed by atoms with van der Waals surface area (Å²) in [5.41, 5.74) is -0.380. The van der Waals surface area contributed by atoms with Gasteiger partial charge in [-0.25, -0.2) is 14.3 Å². The van der Waals surface area contributed by atoms with Crippen molar-refractivity contribution in [2.75, 3.05) is 14.1 Å². The maximum Gasteiger partial charge on any atom is 0.215 e. The van der Waals surface area contributed by atoms with Crippen molar-refractivity contribution in [2.24, 2.45) is 5.41 Å². The summed E-state index contributed by atoms with van der Waals surface area (Å²) in [6, 6.07) is 7.09. The molecule has 0 amide bonds. The zero-order chi connectivity index (χ0) is 22.9. The van der Waals surface area contributed by atoms with Crippen molar-refractivity contribution in [3.8, 4) is 5.75 Å². The van der Waals surface area contributed by atoms with Crippen molar-refractivity contribution in [1.29, 1.82) is 0 Å². The van der Waals surface area contributed by atoms with Crippen molar-refractivity contribution in [2.45, 2.75) is 64.3 Å². The Morgan fingerprint density at radius 3 is 2.38 bits per heavy atom. The normalized spacial score (nSPS) is 18.1. The molecule has 0 spiro atoms. The van der Waals surface area contributed by atoms with Gasteiger partial charge in [0.1, 0.15) is 24.4 Å². The summed E-state index contributed by atoms with van der Waals surface area (Å²) >= 11 is 6.09. The number of aromatic nitrogens is 7. The summed E-state index contributed by atoms with van der Waals surface area (Å²) in [4.78, 5) is 5.51. The van der Waals surface area contributed by atoms with Crippen LogP contribution in [0.1, 0.15) is 64.5 Å². The van der Waals surface area contributed by atoms with Crippen LogP contribution in [0.5, 0.6) is 5.75 Å². The molecule has 0 radical (unpaired) electrons. The van der Waals surface area contributed by atoms with Crippen molar-refractivity contribution in [1.82, 2.24) is 35.0 Å². The Balaban J connectivity index is 1.83. The average Bonchev–Trinajstić information content (AvgIpc) is 3.49. The van der Waals surface area contributed by atoms with E-state index in [9.17, 15) is 0 Å². The van der Waals surface area contributed by atoms with Gasteiger partial charge in [-0.2, -0.15) is 5.10 Å². The van der Waals surface area contributed by atoms with E-state index in [1.54, 1.807) is 11.0 Å². The van der Waals surface area contributed by atoms with Gasteiger partial charge in [-0.1, -0.05) is 32.4 Å². The van der Waals surface area contributed by atoms with Crippen LogP contribution in [0.25, 0.3) is 0 Å². The van der Waals surface area contributed by atoms with Crippen LogP contribution >= 0.6 is 11.6 Å². The molecule has 1 saturated carbocycles. The third-order valence-corrected chi connectivity index (χ3v) is 6.78. The molecule has 32 heavy (non-hydrogen) atoms. The number of hydrogen-bond acceptors (Lipinski definition) is 6. The molecule has 9 nitrogen and oxygen atoms in total. The summed E-state index contributed by atoms with van der Waals surface area (Å²) in [6.07, 6.45) is 7.12. The van der Waals surface area contributed by atoms with Gasteiger partial charge < -0.3 is 9.64 Å². The molecule has 2 aromatic heterocycles. The van der Waals surface area contributed by atoms with Crippen molar-refractivity contribution in [3.63, 3.8) is 0 Å². The third-order valence-electron chi connectivity index (χ3n) is 6.52. The van der Waals surface area contributed by atoms with Crippen LogP contribution in [0.15, 0.2) is 36.9 Å². The number of ether oxygens (including phenoxy) is 1. The number of nitrogens with zero attached hydrogens (tertiary/aromatic N) is 7. The minimum atomic E-state index is -0.517. The maximum atomic E-state index is 6.52. The lowest BCUT2D eigenvalue weighted by Gasteiger charge is -2.39. The zero-order valence-electron chi connectivity index (χ0n) is 19.4. The maximum absolute atomic E-state index is 6.52. The van der Waals surface area contributed by atoms with Gasteiger partial charge in [0.05, 0.1) is 14.1 Å². The molecular formula is C22H32ClN8O+. The molecule has 0 unspecified atom stereocenters. The highest BCUT2D eigenvalue weighted by Crippen LogP contribution is 2.43. The molecule has 0 aliphatic heterocycles. The Hall–Kier alpha value is -2.52. The minimum Gasteiger partial charge on any atom is -0.466 e. The number of nitrogens with one attached hydrogen (secondary N) is 1. The van der Waals surface area contributed by atoms with Crippen molar-refractivity contribution < 1.29 is 9.64 Å². The van der Waals surface area contributed by atoms with Gasteiger partial charge >= 0.3 is 0 Å². The molecule has 1 aliphatic carbocycles. The molecule has 2 atom stereocenters. The van der Waals surface area contributed by atoms with E-state index in [2.05, 4.69) is 60.5 Å². The fourth-order valence-corrected chi connectivity index (χ4v) is 4.93. The Labute approximate surface area is 193 Å². The van der Waals surface area contributed by atoms with Crippen LogP contribution in [0.4, 0.5) is 0 Å². The smallest absolute Gasteiger partial charge is 0.215 e. The average molecular weight is 460 g/mol. The zero-order valence-corrected chi connectivity index (χ0v) is 20.1. The number of tetrazole rings is 1.